The number of aromatic nitrogens is 1. The maximum absolute atomic E-state index is 11.5. The summed E-state index contributed by atoms with van der Waals surface area (Å²) in [5, 5.41) is 10.7. The van der Waals surface area contributed by atoms with Crippen LogP contribution in [0.15, 0.2) is 29.4 Å². The highest BCUT2D eigenvalue weighted by Crippen LogP contribution is 2.21. The molecule has 136 valence electrons. The number of aliphatic imine (C=N–C) groups is 1. The third-order valence-corrected chi connectivity index (χ3v) is 4.16. The molecule has 1 amide bonds. The molecule has 0 saturated heterocycles. The van der Waals surface area contributed by atoms with Gasteiger partial charge in [-0.15, -0.1) is 0 Å². The molecule has 0 aliphatic heterocycles. The highest BCUT2D eigenvalue weighted by atomic mass is 16.1. The summed E-state index contributed by atoms with van der Waals surface area (Å²) in [4.78, 5) is 19.1. The topological polar surface area (TPSA) is 81.3 Å². The van der Waals surface area contributed by atoms with Gasteiger partial charge in [0.25, 0.3) is 0 Å². The Morgan fingerprint density at radius 2 is 1.88 bits per heavy atom. The summed E-state index contributed by atoms with van der Waals surface area (Å²) in [7, 11) is 1.75. The van der Waals surface area contributed by atoms with Gasteiger partial charge in [0, 0.05) is 49.7 Å². The van der Waals surface area contributed by atoms with E-state index in [9.17, 15) is 4.79 Å². The van der Waals surface area contributed by atoms with E-state index >= 15 is 0 Å². The van der Waals surface area contributed by atoms with Crippen molar-refractivity contribution in [2.24, 2.45) is 10.9 Å². The Kier molecular flexibility index (Phi) is 6.86. The van der Waals surface area contributed by atoms with Crippen molar-refractivity contribution in [3.63, 3.8) is 0 Å². The van der Waals surface area contributed by atoms with Crippen molar-refractivity contribution in [1.29, 1.82) is 0 Å². The monoisotopic (exact) mass is 343 g/mol. The van der Waals surface area contributed by atoms with E-state index in [4.69, 9.17) is 0 Å². The van der Waals surface area contributed by atoms with E-state index in [0.29, 0.717) is 13.1 Å². The van der Waals surface area contributed by atoms with Crippen LogP contribution in [0, 0.1) is 12.8 Å². The van der Waals surface area contributed by atoms with Crippen molar-refractivity contribution in [1.82, 2.24) is 20.9 Å². The van der Waals surface area contributed by atoms with E-state index in [1.807, 2.05) is 13.8 Å². The quantitative estimate of drug-likeness (QED) is 0.352. The van der Waals surface area contributed by atoms with Crippen LogP contribution in [0.3, 0.4) is 0 Å². The van der Waals surface area contributed by atoms with Crippen LogP contribution in [-0.4, -0.2) is 43.5 Å². The van der Waals surface area contributed by atoms with Gasteiger partial charge < -0.3 is 20.9 Å². The van der Waals surface area contributed by atoms with Crippen LogP contribution in [0.25, 0.3) is 10.9 Å². The number of aromatic amines is 1. The second kappa shape index (κ2) is 9.11. The van der Waals surface area contributed by atoms with Crippen molar-refractivity contribution in [2.45, 2.75) is 27.2 Å². The lowest BCUT2D eigenvalue weighted by atomic mass is 10.1. The van der Waals surface area contributed by atoms with E-state index in [2.05, 4.69) is 57.2 Å². The number of H-pyrrole nitrogens is 1. The first-order chi connectivity index (χ1) is 12.0. The largest absolute Gasteiger partial charge is 0.361 e. The molecule has 0 bridgehead atoms. The molecule has 6 heteroatoms. The molecule has 4 N–H and O–H groups in total. The number of fused-ring (bicyclic) bond motifs is 1. The maximum atomic E-state index is 11.5. The number of hydrogen-bond acceptors (Lipinski definition) is 2. The number of nitrogens with zero attached hydrogens (tertiary/aromatic N) is 1. The molecule has 0 atom stereocenters. The van der Waals surface area contributed by atoms with Crippen molar-refractivity contribution >= 4 is 22.8 Å². The first kappa shape index (κ1) is 18.8. The second-order valence-corrected chi connectivity index (χ2v) is 6.43. The molecule has 0 saturated carbocycles. The molecular formula is C19H29N5O. The second-order valence-electron chi connectivity index (χ2n) is 6.43. The predicted octanol–water partition coefficient (Wildman–Crippen LogP) is 1.96. The SMILES string of the molecule is CN=C(NCCNC(=O)C(C)C)NCCc1c[nH]c2c(C)cccc12. The fraction of sp³-hybridized carbons (Fsp3) is 0.474. The Hall–Kier alpha value is -2.50. The van der Waals surface area contributed by atoms with Gasteiger partial charge in [-0.2, -0.15) is 0 Å². The van der Waals surface area contributed by atoms with Crippen LogP contribution in [0.4, 0.5) is 0 Å². The number of carbonyl (C=O) groups is 1. The smallest absolute Gasteiger partial charge is 0.222 e. The molecule has 1 aromatic heterocycles. The Morgan fingerprint density at radius 3 is 2.60 bits per heavy atom. The molecule has 25 heavy (non-hydrogen) atoms. The number of benzene rings is 1. The van der Waals surface area contributed by atoms with Gasteiger partial charge in [0.2, 0.25) is 5.91 Å². The maximum Gasteiger partial charge on any atom is 0.222 e. The number of rotatable bonds is 7. The molecule has 0 fully saturated rings. The zero-order valence-electron chi connectivity index (χ0n) is 15.6. The lowest BCUT2D eigenvalue weighted by molar-refractivity contribution is -0.123. The molecule has 0 spiro atoms. The summed E-state index contributed by atoms with van der Waals surface area (Å²) in [6, 6.07) is 6.36. The van der Waals surface area contributed by atoms with Gasteiger partial charge in [0.05, 0.1) is 0 Å². The predicted molar refractivity (Wildman–Crippen MR) is 104 cm³/mol. The fourth-order valence-corrected chi connectivity index (χ4v) is 2.68. The number of para-hydroxylation sites is 1. The van der Waals surface area contributed by atoms with Crippen LogP contribution in [-0.2, 0) is 11.2 Å². The van der Waals surface area contributed by atoms with E-state index in [1.54, 1.807) is 7.05 Å². The Balaban J connectivity index is 1.75. The lowest BCUT2D eigenvalue weighted by Gasteiger charge is -2.13. The number of carbonyl (C=O) groups excluding carboxylic acids is 1. The van der Waals surface area contributed by atoms with Gasteiger partial charge in [-0.05, 0) is 24.5 Å². The average molecular weight is 343 g/mol. The minimum absolute atomic E-state index is 0.0113. The van der Waals surface area contributed by atoms with Crippen molar-refractivity contribution in [2.75, 3.05) is 26.7 Å². The zero-order valence-corrected chi connectivity index (χ0v) is 15.6. The van der Waals surface area contributed by atoms with Crippen LogP contribution in [0.2, 0.25) is 0 Å². The minimum atomic E-state index is 0.0113. The summed E-state index contributed by atoms with van der Waals surface area (Å²) in [6.07, 6.45) is 2.99. The van der Waals surface area contributed by atoms with E-state index in [1.165, 1.54) is 22.0 Å². The molecule has 0 aliphatic rings. The van der Waals surface area contributed by atoms with Gasteiger partial charge in [-0.1, -0.05) is 32.0 Å². The number of guanidine groups is 1. The first-order valence-corrected chi connectivity index (χ1v) is 8.80. The average Bonchev–Trinajstić information content (AvgIpc) is 3.01. The Labute approximate surface area is 149 Å². The van der Waals surface area contributed by atoms with Gasteiger partial charge in [0.15, 0.2) is 5.96 Å². The molecule has 2 aromatic rings. The normalized spacial score (nSPS) is 11.8. The molecule has 0 radical (unpaired) electrons. The number of amides is 1. The van der Waals surface area contributed by atoms with Crippen LogP contribution >= 0.6 is 0 Å². The van der Waals surface area contributed by atoms with Gasteiger partial charge in [-0.25, -0.2) is 0 Å². The third kappa shape index (κ3) is 5.24. The van der Waals surface area contributed by atoms with E-state index in [-0.39, 0.29) is 11.8 Å². The van der Waals surface area contributed by atoms with Crippen molar-refractivity contribution in [3.05, 3.63) is 35.5 Å². The Morgan fingerprint density at radius 1 is 1.16 bits per heavy atom. The summed E-state index contributed by atoms with van der Waals surface area (Å²) in [5.41, 5.74) is 3.77. The van der Waals surface area contributed by atoms with Gasteiger partial charge in [0.1, 0.15) is 0 Å². The Bertz CT molecular complexity index is 732. The molecule has 6 nitrogen and oxygen atoms in total. The van der Waals surface area contributed by atoms with E-state index < -0.39 is 0 Å². The molecule has 0 unspecified atom stereocenters. The molecular weight excluding hydrogens is 314 g/mol. The molecule has 1 aromatic carbocycles. The van der Waals surface area contributed by atoms with Crippen molar-refractivity contribution < 1.29 is 4.79 Å². The number of aryl methyl sites for hydroxylation is 1. The summed E-state index contributed by atoms with van der Waals surface area (Å²) >= 11 is 0. The lowest BCUT2D eigenvalue weighted by Crippen LogP contribution is -2.42. The van der Waals surface area contributed by atoms with Gasteiger partial charge >= 0.3 is 0 Å². The van der Waals surface area contributed by atoms with Crippen LogP contribution in [0.1, 0.15) is 25.0 Å². The molecule has 2 rings (SSSR count). The van der Waals surface area contributed by atoms with E-state index in [0.717, 1.165) is 18.9 Å². The standard InChI is InChI=1S/C19H29N5O/c1-13(2)18(25)21-10-11-23-19(20-4)22-9-8-15-12-24-17-14(3)6-5-7-16(15)17/h5-7,12-13,24H,8-11H2,1-4H3,(H,21,25)(H2,20,22,23). The summed E-state index contributed by atoms with van der Waals surface area (Å²) < 4.78 is 0. The third-order valence-electron chi connectivity index (χ3n) is 4.16. The van der Waals surface area contributed by atoms with Crippen LogP contribution < -0.4 is 16.0 Å². The summed E-state index contributed by atoms with van der Waals surface area (Å²) in [6.45, 7) is 7.90. The highest BCUT2D eigenvalue weighted by Gasteiger charge is 2.07. The van der Waals surface area contributed by atoms with Gasteiger partial charge in [-0.3, -0.25) is 9.79 Å². The highest BCUT2D eigenvalue weighted by molar-refractivity contribution is 5.86. The molecule has 0 aliphatic carbocycles. The summed E-state index contributed by atoms with van der Waals surface area (Å²) in [5.74, 6) is 0.825. The first-order valence-electron chi connectivity index (χ1n) is 8.80. The molecule has 1 heterocycles. The zero-order chi connectivity index (χ0) is 18.2. The van der Waals surface area contributed by atoms with Crippen LogP contribution in [0.5, 0.6) is 0 Å². The van der Waals surface area contributed by atoms with Crippen molar-refractivity contribution in [3.8, 4) is 0 Å². The number of hydrogen-bond donors (Lipinski definition) is 4. The number of nitrogens with one attached hydrogen (secondary N) is 4. The minimum Gasteiger partial charge on any atom is -0.361 e. The fourth-order valence-electron chi connectivity index (χ4n) is 2.68.